The summed E-state index contributed by atoms with van der Waals surface area (Å²) in [6.45, 7) is 1.68. The van der Waals surface area contributed by atoms with Crippen molar-refractivity contribution in [2.45, 2.75) is 25.3 Å². The van der Waals surface area contributed by atoms with Crippen LogP contribution in [0.4, 0.5) is 5.82 Å². The number of carbonyl (C=O) groups is 1. The van der Waals surface area contributed by atoms with Gasteiger partial charge in [-0.15, -0.1) is 0 Å². The Bertz CT molecular complexity index is 1320. The monoisotopic (exact) mass is 522 g/mol. The van der Waals surface area contributed by atoms with E-state index in [1.165, 1.54) is 18.2 Å². The highest BCUT2D eigenvalue weighted by Crippen LogP contribution is 2.31. The molecule has 4 aromatic rings. The van der Waals surface area contributed by atoms with E-state index in [1.54, 1.807) is 21.8 Å². The standard InChI is InChI=1S/C24H23BrN6O3/c25-20-13-28-31-22(27-12-15-3-1-5-26-11-15)10-21(29-23(20)31)16-4-2-6-30(14-16)24(34)17-7-18(32)9-19(33)8-17/h1,3,5,7-11,13,16,27,32-33H,2,4,6,12,14H2. The highest BCUT2D eigenvalue weighted by atomic mass is 79.9. The number of carbonyl (C=O) groups excluding carboxylic acids is 1. The number of phenols is 2. The maximum atomic E-state index is 13.1. The van der Waals surface area contributed by atoms with Gasteiger partial charge in [0.2, 0.25) is 0 Å². The third kappa shape index (κ3) is 4.54. The molecule has 1 aliphatic rings. The molecular weight excluding hydrogens is 500 g/mol. The van der Waals surface area contributed by atoms with Crippen molar-refractivity contribution in [3.8, 4) is 11.5 Å². The van der Waals surface area contributed by atoms with Gasteiger partial charge in [-0.1, -0.05) is 6.07 Å². The molecule has 1 unspecified atom stereocenters. The summed E-state index contributed by atoms with van der Waals surface area (Å²) in [7, 11) is 0. The van der Waals surface area contributed by atoms with Crippen molar-refractivity contribution in [3.63, 3.8) is 0 Å². The minimum Gasteiger partial charge on any atom is -0.508 e. The first-order chi connectivity index (χ1) is 16.5. The van der Waals surface area contributed by atoms with Gasteiger partial charge in [-0.3, -0.25) is 9.78 Å². The number of nitrogens with one attached hydrogen (secondary N) is 1. The van der Waals surface area contributed by atoms with E-state index in [1.807, 2.05) is 24.4 Å². The number of likely N-dealkylation sites (tertiary alicyclic amines) is 1. The van der Waals surface area contributed by atoms with Crippen LogP contribution in [0.3, 0.4) is 0 Å². The Morgan fingerprint density at radius 2 is 2.00 bits per heavy atom. The summed E-state index contributed by atoms with van der Waals surface area (Å²) in [5.74, 6) is 0.334. The summed E-state index contributed by atoms with van der Waals surface area (Å²) < 4.78 is 2.54. The molecule has 0 spiro atoms. The van der Waals surface area contributed by atoms with Crippen LogP contribution in [0, 0.1) is 0 Å². The summed E-state index contributed by atoms with van der Waals surface area (Å²) >= 11 is 3.54. The maximum absolute atomic E-state index is 13.1. The lowest BCUT2D eigenvalue weighted by Crippen LogP contribution is -2.39. The van der Waals surface area contributed by atoms with Crippen molar-refractivity contribution >= 4 is 33.3 Å². The number of aromatic hydroxyl groups is 2. The average molecular weight is 523 g/mol. The average Bonchev–Trinajstić information content (AvgIpc) is 3.23. The first kappa shape index (κ1) is 22.1. The van der Waals surface area contributed by atoms with Crippen molar-refractivity contribution < 1.29 is 15.0 Å². The second-order valence-electron chi connectivity index (χ2n) is 8.34. The Balaban J connectivity index is 1.41. The molecule has 174 valence electrons. The number of pyridine rings is 1. The number of nitrogens with zero attached hydrogens (tertiary/aromatic N) is 5. The van der Waals surface area contributed by atoms with E-state index < -0.39 is 0 Å². The van der Waals surface area contributed by atoms with Crippen molar-refractivity contribution in [3.05, 3.63) is 76.3 Å². The molecule has 9 nitrogen and oxygen atoms in total. The summed E-state index contributed by atoms with van der Waals surface area (Å²) in [5.41, 5.74) is 2.88. The molecule has 0 aliphatic carbocycles. The van der Waals surface area contributed by atoms with Crippen LogP contribution in [0.1, 0.15) is 40.4 Å². The highest BCUT2D eigenvalue weighted by molar-refractivity contribution is 9.10. The summed E-state index contributed by atoms with van der Waals surface area (Å²) in [6, 6.07) is 9.84. The predicted octanol–water partition coefficient (Wildman–Crippen LogP) is 3.93. The minimum atomic E-state index is -0.225. The SMILES string of the molecule is O=C(c1cc(O)cc(O)c1)N1CCCC(c2cc(NCc3cccnc3)n3ncc(Br)c3n2)C1. The molecule has 1 saturated heterocycles. The Hall–Kier alpha value is -3.66. The molecule has 1 fully saturated rings. The van der Waals surface area contributed by atoms with Gasteiger partial charge in [0.25, 0.3) is 5.91 Å². The van der Waals surface area contributed by atoms with Crippen molar-refractivity contribution in [2.24, 2.45) is 0 Å². The van der Waals surface area contributed by atoms with E-state index in [-0.39, 0.29) is 28.9 Å². The Labute approximate surface area is 204 Å². The van der Waals surface area contributed by atoms with E-state index >= 15 is 0 Å². The topological polar surface area (TPSA) is 116 Å². The molecule has 0 radical (unpaired) electrons. The van der Waals surface area contributed by atoms with Crippen molar-refractivity contribution in [2.75, 3.05) is 18.4 Å². The molecule has 0 bridgehead atoms. The minimum absolute atomic E-state index is 0.0364. The van der Waals surface area contributed by atoms with Gasteiger partial charge in [0.15, 0.2) is 5.65 Å². The first-order valence-electron chi connectivity index (χ1n) is 11.0. The van der Waals surface area contributed by atoms with Crippen LogP contribution >= 0.6 is 15.9 Å². The van der Waals surface area contributed by atoms with E-state index in [0.29, 0.717) is 25.3 Å². The lowest BCUT2D eigenvalue weighted by Gasteiger charge is -2.33. The number of hydrogen-bond donors (Lipinski definition) is 3. The van der Waals surface area contributed by atoms with Crippen molar-refractivity contribution in [1.29, 1.82) is 0 Å². The molecular formula is C24H23BrN6O3. The van der Waals surface area contributed by atoms with Crippen LogP contribution in [0.15, 0.2) is 59.5 Å². The van der Waals surface area contributed by atoms with Crippen LogP contribution < -0.4 is 5.32 Å². The predicted molar refractivity (Wildman–Crippen MR) is 130 cm³/mol. The Morgan fingerprint density at radius 1 is 1.18 bits per heavy atom. The summed E-state index contributed by atoms with van der Waals surface area (Å²) in [5, 5.41) is 27.4. The quantitative estimate of drug-likeness (QED) is 0.363. The zero-order valence-corrected chi connectivity index (χ0v) is 19.8. The molecule has 1 aliphatic heterocycles. The molecule has 0 saturated carbocycles. The van der Waals surface area contributed by atoms with Gasteiger partial charge in [-0.05, 0) is 52.5 Å². The van der Waals surface area contributed by atoms with Gasteiger partial charge < -0.3 is 20.4 Å². The normalized spacial score (nSPS) is 16.0. The van der Waals surface area contributed by atoms with Crippen LogP contribution in [-0.4, -0.2) is 53.7 Å². The zero-order chi connectivity index (χ0) is 23.7. The van der Waals surface area contributed by atoms with Gasteiger partial charge in [0.05, 0.1) is 16.4 Å². The number of hydrogen-bond acceptors (Lipinski definition) is 7. The van der Waals surface area contributed by atoms with Crippen LogP contribution in [0.25, 0.3) is 5.65 Å². The number of amides is 1. The second kappa shape index (κ2) is 9.30. The second-order valence-corrected chi connectivity index (χ2v) is 9.19. The number of piperidine rings is 1. The molecule has 1 aromatic carbocycles. The third-order valence-corrected chi connectivity index (χ3v) is 6.48. The molecule has 3 N–H and O–H groups in total. The number of aromatic nitrogens is 4. The van der Waals surface area contributed by atoms with Crippen LogP contribution in [0.2, 0.25) is 0 Å². The van der Waals surface area contributed by atoms with Crippen LogP contribution in [-0.2, 0) is 6.54 Å². The summed E-state index contributed by atoms with van der Waals surface area (Å²) in [6.07, 6.45) is 6.99. The van der Waals surface area contributed by atoms with Crippen LogP contribution in [0.5, 0.6) is 11.5 Å². The fourth-order valence-electron chi connectivity index (χ4n) is 4.29. The molecule has 3 aromatic heterocycles. The van der Waals surface area contributed by atoms with Gasteiger partial charge >= 0.3 is 0 Å². The van der Waals surface area contributed by atoms with Gasteiger partial charge in [-0.2, -0.15) is 9.61 Å². The lowest BCUT2D eigenvalue weighted by molar-refractivity contribution is 0.0705. The number of rotatable bonds is 5. The molecule has 5 rings (SSSR count). The van der Waals surface area contributed by atoms with E-state index in [2.05, 4.69) is 31.3 Å². The number of benzene rings is 1. The first-order valence-corrected chi connectivity index (χ1v) is 11.8. The molecule has 1 amide bonds. The zero-order valence-electron chi connectivity index (χ0n) is 18.2. The third-order valence-electron chi connectivity index (χ3n) is 5.92. The number of phenolic OH excluding ortho intramolecular Hbond substituents is 2. The van der Waals surface area contributed by atoms with E-state index in [9.17, 15) is 15.0 Å². The number of anilines is 1. The maximum Gasteiger partial charge on any atom is 0.254 e. The molecule has 1 atom stereocenters. The van der Waals surface area contributed by atoms with E-state index in [4.69, 9.17) is 4.98 Å². The fourth-order valence-corrected chi connectivity index (χ4v) is 4.64. The number of fused-ring (bicyclic) bond motifs is 1. The van der Waals surface area contributed by atoms with E-state index in [0.717, 1.165) is 34.4 Å². The Kier molecular flexibility index (Phi) is 6.06. The molecule has 4 heterocycles. The Morgan fingerprint density at radius 3 is 2.76 bits per heavy atom. The lowest BCUT2D eigenvalue weighted by atomic mass is 9.93. The molecule has 10 heteroatoms. The fraction of sp³-hybridized carbons (Fsp3) is 0.250. The summed E-state index contributed by atoms with van der Waals surface area (Å²) in [4.78, 5) is 23.8. The van der Waals surface area contributed by atoms with Gasteiger partial charge in [-0.25, -0.2) is 4.98 Å². The highest BCUT2D eigenvalue weighted by Gasteiger charge is 2.28. The van der Waals surface area contributed by atoms with Crippen molar-refractivity contribution in [1.82, 2.24) is 24.5 Å². The van der Waals surface area contributed by atoms with Gasteiger partial charge in [0, 0.05) is 55.6 Å². The number of halogens is 1. The smallest absolute Gasteiger partial charge is 0.254 e. The molecule has 34 heavy (non-hydrogen) atoms. The largest absolute Gasteiger partial charge is 0.508 e. The van der Waals surface area contributed by atoms with Gasteiger partial charge in [0.1, 0.15) is 17.3 Å².